The van der Waals surface area contributed by atoms with E-state index in [0.29, 0.717) is 11.9 Å². The van der Waals surface area contributed by atoms with Crippen molar-refractivity contribution < 1.29 is 0 Å². The van der Waals surface area contributed by atoms with Crippen molar-refractivity contribution >= 4 is 22.9 Å². The van der Waals surface area contributed by atoms with Crippen LogP contribution in [-0.2, 0) is 12.8 Å². The topological polar surface area (TPSA) is 86.5 Å². The van der Waals surface area contributed by atoms with Crippen molar-refractivity contribution in [2.24, 2.45) is 0 Å². The number of benzene rings is 1. The van der Waals surface area contributed by atoms with Crippen molar-refractivity contribution in [2.45, 2.75) is 19.3 Å². The zero-order valence-corrected chi connectivity index (χ0v) is 10.7. The third-order valence-electron chi connectivity index (χ3n) is 3.57. The Kier molecular flexibility index (Phi) is 2.35. The number of nitrogens with one attached hydrogen (secondary N) is 3. The molecule has 3 aromatic rings. The molecule has 0 amide bonds. The second-order valence-corrected chi connectivity index (χ2v) is 4.92. The van der Waals surface area contributed by atoms with Crippen LogP contribution in [0.15, 0.2) is 29.1 Å². The molecule has 1 aromatic carbocycles. The van der Waals surface area contributed by atoms with Gasteiger partial charge in [0.1, 0.15) is 0 Å². The molecule has 0 radical (unpaired) electrons. The van der Waals surface area contributed by atoms with E-state index in [0.717, 1.165) is 41.6 Å². The van der Waals surface area contributed by atoms with E-state index >= 15 is 0 Å². The fourth-order valence-corrected chi connectivity index (χ4v) is 2.62. The Morgan fingerprint density at radius 1 is 1.05 bits per heavy atom. The number of hydrogen-bond donors (Lipinski definition) is 3. The number of hydrogen-bond acceptors (Lipinski definition) is 4. The molecule has 6 nitrogen and oxygen atoms in total. The number of H-pyrrole nitrogens is 2. The highest BCUT2D eigenvalue weighted by atomic mass is 16.1. The summed E-state index contributed by atoms with van der Waals surface area (Å²) >= 11 is 0. The van der Waals surface area contributed by atoms with Gasteiger partial charge < -0.3 is 4.98 Å². The van der Waals surface area contributed by atoms with Crippen molar-refractivity contribution in [3.05, 3.63) is 45.9 Å². The van der Waals surface area contributed by atoms with Gasteiger partial charge in [0.15, 0.2) is 0 Å². The maximum Gasteiger partial charge on any atom is 0.255 e. The molecule has 1 aliphatic rings. The molecular formula is C14H13N5O. The van der Waals surface area contributed by atoms with Gasteiger partial charge in [0, 0.05) is 5.56 Å². The third kappa shape index (κ3) is 1.77. The number of aryl methyl sites for hydroxylation is 1. The molecule has 2 aromatic heterocycles. The Balaban J connectivity index is 1.72. The number of imidazole rings is 1. The predicted octanol–water partition coefficient (Wildman–Crippen LogP) is 1.88. The van der Waals surface area contributed by atoms with Crippen LogP contribution in [0.5, 0.6) is 0 Å². The van der Waals surface area contributed by atoms with E-state index in [-0.39, 0.29) is 5.56 Å². The summed E-state index contributed by atoms with van der Waals surface area (Å²) in [6.07, 6.45) is 2.69. The van der Waals surface area contributed by atoms with Crippen molar-refractivity contribution in [3.63, 3.8) is 0 Å². The maximum atomic E-state index is 11.9. The summed E-state index contributed by atoms with van der Waals surface area (Å²) in [6.45, 7) is 0. The molecule has 0 bridgehead atoms. The van der Waals surface area contributed by atoms with E-state index in [4.69, 9.17) is 0 Å². The average Bonchev–Trinajstić information content (AvgIpc) is 3.04. The van der Waals surface area contributed by atoms with Crippen LogP contribution in [0.2, 0.25) is 0 Å². The largest absolute Gasteiger partial charge is 0.324 e. The second kappa shape index (κ2) is 4.19. The maximum absolute atomic E-state index is 11.9. The Morgan fingerprint density at radius 2 is 1.90 bits per heavy atom. The summed E-state index contributed by atoms with van der Waals surface area (Å²) < 4.78 is 0. The Bertz CT molecular complexity index is 815. The smallest absolute Gasteiger partial charge is 0.255 e. The predicted molar refractivity (Wildman–Crippen MR) is 76.3 cm³/mol. The number of nitrogens with zero attached hydrogens (tertiary/aromatic N) is 2. The van der Waals surface area contributed by atoms with Crippen molar-refractivity contribution in [3.8, 4) is 0 Å². The van der Waals surface area contributed by atoms with Crippen molar-refractivity contribution in [1.29, 1.82) is 0 Å². The SMILES string of the molecule is O=c1[nH]c(Nc2nc3ccccc3[nH]2)nc2c1CCC2. The molecule has 0 saturated heterocycles. The first-order chi connectivity index (χ1) is 9.79. The van der Waals surface area contributed by atoms with E-state index in [1.54, 1.807) is 0 Å². The first kappa shape index (κ1) is 11.2. The van der Waals surface area contributed by atoms with Gasteiger partial charge in [-0.25, -0.2) is 9.97 Å². The summed E-state index contributed by atoms with van der Waals surface area (Å²) in [5.41, 5.74) is 3.48. The minimum absolute atomic E-state index is 0.0499. The normalized spacial score (nSPS) is 13.6. The minimum atomic E-state index is -0.0499. The highest BCUT2D eigenvalue weighted by Gasteiger charge is 2.17. The van der Waals surface area contributed by atoms with Gasteiger partial charge in [0.25, 0.3) is 5.56 Å². The van der Waals surface area contributed by atoms with Gasteiger partial charge in [-0.1, -0.05) is 12.1 Å². The van der Waals surface area contributed by atoms with Crippen LogP contribution >= 0.6 is 0 Å². The van der Waals surface area contributed by atoms with Crippen LogP contribution in [0.25, 0.3) is 11.0 Å². The molecule has 0 atom stereocenters. The zero-order chi connectivity index (χ0) is 13.5. The van der Waals surface area contributed by atoms with E-state index in [1.165, 1.54) is 0 Å². The first-order valence-electron chi connectivity index (χ1n) is 6.63. The minimum Gasteiger partial charge on any atom is -0.324 e. The number of aromatic amines is 2. The fourth-order valence-electron chi connectivity index (χ4n) is 2.62. The number of fused-ring (bicyclic) bond motifs is 2. The van der Waals surface area contributed by atoms with Gasteiger partial charge in [0.2, 0.25) is 11.9 Å². The Hall–Kier alpha value is -2.63. The number of para-hydroxylation sites is 2. The third-order valence-corrected chi connectivity index (χ3v) is 3.57. The van der Waals surface area contributed by atoms with Crippen LogP contribution < -0.4 is 10.9 Å². The van der Waals surface area contributed by atoms with Gasteiger partial charge in [-0.2, -0.15) is 0 Å². The van der Waals surface area contributed by atoms with Crippen LogP contribution in [0.1, 0.15) is 17.7 Å². The summed E-state index contributed by atoms with van der Waals surface area (Å²) in [7, 11) is 0. The standard InChI is InChI=1S/C14H13N5O/c20-12-8-4-3-7-9(8)15-14(18-12)19-13-16-10-5-1-2-6-11(10)17-13/h1-2,5-6H,3-4,7H2,(H3,15,16,17,18,19,20). The first-order valence-corrected chi connectivity index (χ1v) is 6.63. The fraction of sp³-hybridized carbons (Fsp3) is 0.214. The quantitative estimate of drug-likeness (QED) is 0.661. The molecule has 0 spiro atoms. The summed E-state index contributed by atoms with van der Waals surface area (Å²) in [5.74, 6) is 1.02. The molecular weight excluding hydrogens is 254 g/mol. The van der Waals surface area contributed by atoms with E-state index in [1.807, 2.05) is 24.3 Å². The molecule has 6 heteroatoms. The van der Waals surface area contributed by atoms with Crippen LogP contribution in [0, 0.1) is 0 Å². The highest BCUT2D eigenvalue weighted by Crippen LogP contribution is 2.19. The highest BCUT2D eigenvalue weighted by molar-refractivity contribution is 5.77. The van der Waals surface area contributed by atoms with Gasteiger partial charge in [-0.05, 0) is 31.4 Å². The van der Waals surface area contributed by atoms with Crippen LogP contribution in [0.4, 0.5) is 11.9 Å². The lowest BCUT2D eigenvalue weighted by molar-refractivity contribution is 0.899. The summed E-state index contributed by atoms with van der Waals surface area (Å²) in [5, 5.41) is 3.03. The van der Waals surface area contributed by atoms with Crippen LogP contribution in [0.3, 0.4) is 0 Å². The monoisotopic (exact) mass is 267 g/mol. The molecule has 0 aliphatic heterocycles. The lowest BCUT2D eigenvalue weighted by atomic mass is 10.3. The van der Waals surface area contributed by atoms with Crippen LogP contribution in [-0.4, -0.2) is 19.9 Å². The lowest BCUT2D eigenvalue weighted by Crippen LogP contribution is -2.16. The Labute approximate surface area is 114 Å². The second-order valence-electron chi connectivity index (χ2n) is 4.92. The molecule has 0 saturated carbocycles. The molecule has 0 fully saturated rings. The van der Waals surface area contributed by atoms with Gasteiger partial charge in [0.05, 0.1) is 16.7 Å². The molecule has 20 heavy (non-hydrogen) atoms. The molecule has 100 valence electrons. The van der Waals surface area contributed by atoms with Gasteiger partial charge in [-0.3, -0.25) is 15.1 Å². The molecule has 2 heterocycles. The average molecular weight is 267 g/mol. The van der Waals surface area contributed by atoms with E-state index < -0.39 is 0 Å². The zero-order valence-electron chi connectivity index (χ0n) is 10.7. The summed E-state index contributed by atoms with van der Waals surface area (Å²) in [6, 6.07) is 7.75. The number of rotatable bonds is 2. The van der Waals surface area contributed by atoms with E-state index in [9.17, 15) is 4.79 Å². The number of aromatic nitrogens is 4. The molecule has 1 aliphatic carbocycles. The summed E-state index contributed by atoms with van der Waals surface area (Å²) in [4.78, 5) is 26.7. The molecule has 0 unspecified atom stereocenters. The molecule has 3 N–H and O–H groups in total. The van der Waals surface area contributed by atoms with E-state index in [2.05, 4.69) is 25.3 Å². The van der Waals surface area contributed by atoms with Crippen molar-refractivity contribution in [2.75, 3.05) is 5.32 Å². The Morgan fingerprint density at radius 3 is 2.80 bits per heavy atom. The number of anilines is 2. The van der Waals surface area contributed by atoms with Gasteiger partial charge in [-0.15, -0.1) is 0 Å². The lowest BCUT2D eigenvalue weighted by Gasteiger charge is -2.04. The molecule has 4 rings (SSSR count). The van der Waals surface area contributed by atoms with Crippen molar-refractivity contribution in [1.82, 2.24) is 19.9 Å². The van der Waals surface area contributed by atoms with Gasteiger partial charge >= 0.3 is 0 Å².